The molecule has 2 nitrogen and oxygen atoms in total. The molecule has 0 aliphatic carbocycles. The average Bonchev–Trinajstić information content (AvgIpc) is 1.93. The van der Waals surface area contributed by atoms with Crippen LogP contribution in [0.2, 0.25) is 0 Å². The molecule has 2 N–H and O–H groups in total. The minimum atomic E-state index is 0.432. The lowest BCUT2D eigenvalue weighted by atomic mass is 10.2. The molecule has 57 valence electrons. The molecular formula is C9H11N2. The number of hydrogen-bond acceptors (Lipinski definition) is 1. The minimum Gasteiger partial charge on any atom is -0.344 e. The molecule has 11 heavy (non-hydrogen) atoms. The molecule has 1 aromatic rings. The zero-order chi connectivity index (χ0) is 8.27. The molecule has 1 rings (SSSR count). The molecule has 0 unspecified atom stereocenters. The molecule has 0 atom stereocenters. The van der Waals surface area contributed by atoms with Crippen LogP contribution in [0.5, 0.6) is 0 Å². The van der Waals surface area contributed by atoms with Gasteiger partial charge in [-0.3, -0.25) is 5.41 Å². The second-order valence-electron chi connectivity index (χ2n) is 2.41. The predicted molar refractivity (Wildman–Crippen MR) is 47.9 cm³/mol. The van der Waals surface area contributed by atoms with E-state index in [1.165, 1.54) is 0 Å². The van der Waals surface area contributed by atoms with Gasteiger partial charge in [-0.25, -0.2) is 0 Å². The average molecular weight is 147 g/mol. The van der Waals surface area contributed by atoms with E-state index in [1.807, 2.05) is 24.3 Å². The highest BCUT2D eigenvalue weighted by Gasteiger charge is 1.94. The Morgan fingerprint density at radius 1 is 1.45 bits per heavy atom. The molecule has 0 saturated heterocycles. The quantitative estimate of drug-likeness (QED) is 0.464. The fourth-order valence-corrected chi connectivity index (χ4v) is 0.844. The van der Waals surface area contributed by atoms with Crippen molar-refractivity contribution in [1.29, 1.82) is 5.41 Å². The summed E-state index contributed by atoms with van der Waals surface area (Å²) in [6.07, 6.45) is 0. The highest BCUT2D eigenvalue weighted by Crippen LogP contribution is 2.12. The van der Waals surface area contributed by atoms with Crippen molar-refractivity contribution >= 4 is 11.5 Å². The lowest BCUT2D eigenvalue weighted by molar-refractivity contribution is 1.43. The summed E-state index contributed by atoms with van der Waals surface area (Å²) in [5.74, 6) is 0.432. The molecule has 0 amide bonds. The Morgan fingerprint density at radius 3 is 2.64 bits per heavy atom. The zero-order valence-corrected chi connectivity index (χ0v) is 6.52. The molecule has 0 saturated carbocycles. The molecule has 0 aliphatic heterocycles. The van der Waals surface area contributed by atoms with Gasteiger partial charge in [0.2, 0.25) is 0 Å². The first-order chi connectivity index (χ1) is 5.20. The third-order valence-electron chi connectivity index (χ3n) is 1.34. The topological polar surface area (TPSA) is 35.9 Å². The Balaban J connectivity index is 2.86. The molecular weight excluding hydrogens is 136 g/mol. The van der Waals surface area contributed by atoms with Crippen LogP contribution < -0.4 is 5.32 Å². The number of benzene rings is 1. The normalized spacial score (nSPS) is 9.27. The standard InChI is InChI=1S/C9H11N2/c1-7-5-3-4-6-9(7)11-8(2)10/h3-6H,1H2,2H3,(H2,10,11). The summed E-state index contributed by atoms with van der Waals surface area (Å²) in [7, 11) is 0. The number of rotatable bonds is 1. The molecule has 0 aliphatic rings. The predicted octanol–water partition coefficient (Wildman–Crippen LogP) is 2.28. The van der Waals surface area contributed by atoms with Gasteiger partial charge in [0.05, 0.1) is 5.84 Å². The summed E-state index contributed by atoms with van der Waals surface area (Å²) in [5.41, 5.74) is 1.82. The van der Waals surface area contributed by atoms with Gasteiger partial charge in [-0.05, 0) is 25.5 Å². The minimum absolute atomic E-state index is 0.432. The van der Waals surface area contributed by atoms with E-state index in [4.69, 9.17) is 5.41 Å². The first-order valence-corrected chi connectivity index (χ1v) is 3.43. The third-order valence-corrected chi connectivity index (χ3v) is 1.34. The maximum atomic E-state index is 7.19. The van der Waals surface area contributed by atoms with E-state index in [0.717, 1.165) is 11.3 Å². The van der Waals surface area contributed by atoms with E-state index in [0.29, 0.717) is 5.84 Å². The van der Waals surface area contributed by atoms with Gasteiger partial charge in [0.1, 0.15) is 0 Å². The molecule has 1 aromatic carbocycles. The summed E-state index contributed by atoms with van der Waals surface area (Å²) >= 11 is 0. The third kappa shape index (κ3) is 2.08. The first kappa shape index (κ1) is 7.79. The molecule has 0 bridgehead atoms. The Bertz CT molecular complexity index is 266. The van der Waals surface area contributed by atoms with Crippen molar-refractivity contribution in [3.05, 3.63) is 36.8 Å². The Morgan fingerprint density at radius 2 is 2.09 bits per heavy atom. The molecule has 0 aromatic heterocycles. The van der Waals surface area contributed by atoms with E-state index < -0.39 is 0 Å². The number of nitrogens with one attached hydrogen (secondary N) is 2. The Kier molecular flexibility index (Phi) is 2.26. The van der Waals surface area contributed by atoms with Crippen molar-refractivity contribution in [2.75, 3.05) is 5.32 Å². The second kappa shape index (κ2) is 3.19. The number of anilines is 1. The fraction of sp³-hybridized carbons (Fsp3) is 0.111. The van der Waals surface area contributed by atoms with Gasteiger partial charge in [-0.15, -0.1) is 0 Å². The van der Waals surface area contributed by atoms with Crippen LogP contribution >= 0.6 is 0 Å². The van der Waals surface area contributed by atoms with Crippen LogP contribution in [0.3, 0.4) is 0 Å². The Hall–Kier alpha value is -1.31. The lowest BCUT2D eigenvalue weighted by Crippen LogP contribution is -2.05. The van der Waals surface area contributed by atoms with Crippen molar-refractivity contribution in [2.24, 2.45) is 0 Å². The van der Waals surface area contributed by atoms with Crippen LogP contribution in [0, 0.1) is 12.3 Å². The van der Waals surface area contributed by atoms with Gasteiger partial charge >= 0.3 is 0 Å². The van der Waals surface area contributed by atoms with Crippen LogP contribution in [0.1, 0.15) is 12.5 Å². The summed E-state index contributed by atoms with van der Waals surface area (Å²) in [6, 6.07) is 7.65. The van der Waals surface area contributed by atoms with Crippen molar-refractivity contribution in [1.82, 2.24) is 0 Å². The van der Waals surface area contributed by atoms with E-state index >= 15 is 0 Å². The van der Waals surface area contributed by atoms with Crippen molar-refractivity contribution < 1.29 is 0 Å². The van der Waals surface area contributed by atoms with Crippen molar-refractivity contribution in [2.45, 2.75) is 6.92 Å². The molecule has 2 heteroatoms. The van der Waals surface area contributed by atoms with E-state index in [-0.39, 0.29) is 0 Å². The van der Waals surface area contributed by atoms with Crippen LogP contribution in [-0.2, 0) is 0 Å². The highest BCUT2D eigenvalue weighted by atomic mass is 14.9. The van der Waals surface area contributed by atoms with Crippen LogP contribution in [-0.4, -0.2) is 5.84 Å². The maximum absolute atomic E-state index is 7.19. The monoisotopic (exact) mass is 147 g/mol. The van der Waals surface area contributed by atoms with E-state index in [9.17, 15) is 0 Å². The van der Waals surface area contributed by atoms with Crippen molar-refractivity contribution in [3.8, 4) is 0 Å². The van der Waals surface area contributed by atoms with Crippen LogP contribution in [0.15, 0.2) is 24.3 Å². The van der Waals surface area contributed by atoms with Crippen molar-refractivity contribution in [3.63, 3.8) is 0 Å². The summed E-state index contributed by atoms with van der Waals surface area (Å²) < 4.78 is 0. The SMILES string of the molecule is [CH2]c1ccccc1NC(C)=N. The van der Waals surface area contributed by atoms with Gasteiger partial charge in [-0.2, -0.15) is 0 Å². The molecule has 0 spiro atoms. The van der Waals surface area contributed by atoms with Gasteiger partial charge in [0, 0.05) is 5.69 Å². The smallest absolute Gasteiger partial charge is 0.0944 e. The lowest BCUT2D eigenvalue weighted by Gasteiger charge is -2.05. The second-order valence-corrected chi connectivity index (χ2v) is 2.41. The summed E-state index contributed by atoms with van der Waals surface area (Å²) in [5, 5.41) is 10.1. The van der Waals surface area contributed by atoms with E-state index in [1.54, 1.807) is 6.92 Å². The molecule has 1 radical (unpaired) electrons. The van der Waals surface area contributed by atoms with Gasteiger partial charge in [0.15, 0.2) is 0 Å². The van der Waals surface area contributed by atoms with Crippen LogP contribution in [0.25, 0.3) is 0 Å². The van der Waals surface area contributed by atoms with Gasteiger partial charge < -0.3 is 5.32 Å². The van der Waals surface area contributed by atoms with Crippen LogP contribution in [0.4, 0.5) is 5.69 Å². The first-order valence-electron chi connectivity index (χ1n) is 3.43. The molecule has 0 fully saturated rings. The highest BCUT2D eigenvalue weighted by molar-refractivity contribution is 5.91. The number of para-hydroxylation sites is 1. The number of amidine groups is 1. The van der Waals surface area contributed by atoms with Gasteiger partial charge in [-0.1, -0.05) is 18.2 Å². The Labute approximate surface area is 66.8 Å². The largest absolute Gasteiger partial charge is 0.344 e. The maximum Gasteiger partial charge on any atom is 0.0944 e. The zero-order valence-electron chi connectivity index (χ0n) is 6.52. The fourth-order valence-electron chi connectivity index (χ4n) is 0.844. The van der Waals surface area contributed by atoms with Gasteiger partial charge in [0.25, 0.3) is 0 Å². The number of hydrogen-bond donors (Lipinski definition) is 2. The molecule has 0 heterocycles. The summed E-state index contributed by atoms with van der Waals surface area (Å²) in [6.45, 7) is 5.52. The summed E-state index contributed by atoms with van der Waals surface area (Å²) in [4.78, 5) is 0. The van der Waals surface area contributed by atoms with E-state index in [2.05, 4.69) is 12.2 Å².